The fraction of sp³-hybridized carbons (Fsp3) is 0.167. The largest absolute Gasteiger partial charge is 0.383 e. The summed E-state index contributed by atoms with van der Waals surface area (Å²) >= 11 is 0. The Labute approximate surface area is 124 Å². The predicted molar refractivity (Wildman–Crippen MR) is 84.7 cm³/mol. The molecule has 4 rings (SSSR count). The Morgan fingerprint density at radius 3 is 2.52 bits per heavy atom. The maximum absolute atomic E-state index is 6.27. The van der Waals surface area contributed by atoms with Crippen LogP contribution in [0.5, 0.6) is 0 Å². The lowest BCUT2D eigenvalue weighted by Gasteiger charge is -2.29. The molecule has 0 saturated carbocycles. The summed E-state index contributed by atoms with van der Waals surface area (Å²) in [6.07, 6.45) is 1.06. The van der Waals surface area contributed by atoms with Crippen LogP contribution in [0.25, 0.3) is 5.69 Å². The zero-order valence-electron chi connectivity index (χ0n) is 12.0. The van der Waals surface area contributed by atoms with E-state index in [1.807, 2.05) is 35.0 Å². The SMILES string of the molecule is Cc1c(C2Cc3ccccc32)nn(-c2ccccc2)c1N. The van der Waals surface area contributed by atoms with Crippen LogP contribution in [-0.4, -0.2) is 9.78 Å². The minimum absolute atomic E-state index is 0.383. The van der Waals surface area contributed by atoms with Crippen molar-refractivity contribution in [1.82, 2.24) is 9.78 Å². The molecular formula is C18H17N3. The third-order valence-corrected chi connectivity index (χ3v) is 4.39. The number of hydrogen-bond donors (Lipinski definition) is 1. The number of rotatable bonds is 2. The predicted octanol–water partition coefficient (Wildman–Crippen LogP) is 3.45. The fourth-order valence-electron chi connectivity index (χ4n) is 3.13. The highest BCUT2D eigenvalue weighted by atomic mass is 15.3. The molecule has 1 aliphatic rings. The highest BCUT2D eigenvalue weighted by molar-refractivity contribution is 5.55. The lowest BCUT2D eigenvalue weighted by atomic mass is 9.75. The summed E-state index contributed by atoms with van der Waals surface area (Å²) in [5.74, 6) is 1.12. The Morgan fingerprint density at radius 2 is 1.76 bits per heavy atom. The average molecular weight is 275 g/mol. The number of aromatic nitrogens is 2. The topological polar surface area (TPSA) is 43.8 Å². The first-order valence-electron chi connectivity index (χ1n) is 7.24. The van der Waals surface area contributed by atoms with Gasteiger partial charge in [0.2, 0.25) is 0 Å². The molecule has 3 nitrogen and oxygen atoms in total. The van der Waals surface area contributed by atoms with Crippen molar-refractivity contribution in [3.8, 4) is 5.69 Å². The normalized spacial score (nSPS) is 16.3. The first-order chi connectivity index (χ1) is 10.3. The van der Waals surface area contributed by atoms with Gasteiger partial charge in [0, 0.05) is 11.5 Å². The molecule has 104 valence electrons. The number of anilines is 1. The highest BCUT2D eigenvalue weighted by Crippen LogP contribution is 2.41. The van der Waals surface area contributed by atoms with Crippen molar-refractivity contribution >= 4 is 5.82 Å². The maximum atomic E-state index is 6.27. The van der Waals surface area contributed by atoms with E-state index in [1.54, 1.807) is 0 Å². The molecule has 2 N–H and O–H groups in total. The second kappa shape index (κ2) is 4.48. The molecule has 0 amide bonds. The minimum atomic E-state index is 0.383. The van der Waals surface area contributed by atoms with Gasteiger partial charge in [0.05, 0.1) is 11.4 Å². The van der Waals surface area contributed by atoms with Crippen LogP contribution in [0, 0.1) is 6.92 Å². The summed E-state index contributed by atoms with van der Waals surface area (Å²) in [5.41, 5.74) is 12.3. The molecule has 1 unspecified atom stereocenters. The molecule has 1 aromatic heterocycles. The summed E-state index contributed by atoms with van der Waals surface area (Å²) < 4.78 is 1.85. The number of nitrogen functional groups attached to an aromatic ring is 1. The number of benzene rings is 2. The van der Waals surface area contributed by atoms with E-state index in [1.165, 1.54) is 11.1 Å². The molecule has 3 aromatic rings. The van der Waals surface area contributed by atoms with Crippen LogP contribution in [0.15, 0.2) is 54.6 Å². The molecule has 0 fully saturated rings. The monoisotopic (exact) mass is 275 g/mol. The Balaban J connectivity index is 1.79. The zero-order valence-corrected chi connectivity index (χ0v) is 12.0. The van der Waals surface area contributed by atoms with Crippen molar-refractivity contribution < 1.29 is 0 Å². The quantitative estimate of drug-likeness (QED) is 0.778. The average Bonchev–Trinajstić information content (AvgIpc) is 2.78. The highest BCUT2D eigenvalue weighted by Gasteiger charge is 2.31. The zero-order chi connectivity index (χ0) is 14.4. The van der Waals surface area contributed by atoms with Gasteiger partial charge in [-0.15, -0.1) is 0 Å². The van der Waals surface area contributed by atoms with Crippen molar-refractivity contribution in [2.45, 2.75) is 19.3 Å². The Hall–Kier alpha value is -2.55. The molecular weight excluding hydrogens is 258 g/mol. The Morgan fingerprint density at radius 1 is 1.05 bits per heavy atom. The molecule has 0 radical (unpaired) electrons. The van der Waals surface area contributed by atoms with E-state index >= 15 is 0 Å². The van der Waals surface area contributed by atoms with Gasteiger partial charge in [-0.3, -0.25) is 0 Å². The lowest BCUT2D eigenvalue weighted by molar-refractivity contribution is 0.667. The van der Waals surface area contributed by atoms with E-state index in [9.17, 15) is 0 Å². The van der Waals surface area contributed by atoms with E-state index in [2.05, 4.69) is 31.2 Å². The van der Waals surface area contributed by atoms with Gasteiger partial charge in [-0.05, 0) is 36.6 Å². The van der Waals surface area contributed by atoms with Gasteiger partial charge in [0.25, 0.3) is 0 Å². The second-order valence-electron chi connectivity index (χ2n) is 5.60. The molecule has 1 heterocycles. The van der Waals surface area contributed by atoms with E-state index < -0.39 is 0 Å². The van der Waals surface area contributed by atoms with Crippen LogP contribution >= 0.6 is 0 Å². The number of hydrogen-bond acceptors (Lipinski definition) is 2. The molecule has 21 heavy (non-hydrogen) atoms. The van der Waals surface area contributed by atoms with E-state index in [-0.39, 0.29) is 0 Å². The van der Waals surface area contributed by atoms with Crippen LogP contribution in [0.4, 0.5) is 5.82 Å². The number of para-hydroxylation sites is 1. The van der Waals surface area contributed by atoms with Crippen molar-refractivity contribution in [3.05, 3.63) is 77.0 Å². The molecule has 0 bridgehead atoms. The van der Waals surface area contributed by atoms with Gasteiger partial charge in [-0.25, -0.2) is 4.68 Å². The smallest absolute Gasteiger partial charge is 0.130 e. The number of fused-ring (bicyclic) bond motifs is 1. The third kappa shape index (κ3) is 1.77. The molecule has 0 saturated heterocycles. The van der Waals surface area contributed by atoms with E-state index in [0.29, 0.717) is 5.92 Å². The number of nitrogens with two attached hydrogens (primary N) is 1. The minimum Gasteiger partial charge on any atom is -0.383 e. The molecule has 1 aliphatic carbocycles. The fourth-order valence-corrected chi connectivity index (χ4v) is 3.13. The summed E-state index contributed by atoms with van der Waals surface area (Å²) in [6, 6.07) is 18.6. The van der Waals surface area contributed by atoms with Gasteiger partial charge in [-0.2, -0.15) is 5.10 Å². The van der Waals surface area contributed by atoms with Crippen LogP contribution in [0.3, 0.4) is 0 Å². The Bertz CT molecular complexity index is 803. The van der Waals surface area contributed by atoms with Crippen molar-refractivity contribution in [1.29, 1.82) is 0 Å². The molecule has 0 aliphatic heterocycles. The van der Waals surface area contributed by atoms with Gasteiger partial charge in [-0.1, -0.05) is 42.5 Å². The van der Waals surface area contributed by atoms with Crippen LogP contribution < -0.4 is 5.73 Å². The van der Waals surface area contributed by atoms with Crippen molar-refractivity contribution in [2.75, 3.05) is 5.73 Å². The van der Waals surface area contributed by atoms with E-state index in [4.69, 9.17) is 10.8 Å². The molecule has 3 heteroatoms. The van der Waals surface area contributed by atoms with Crippen LogP contribution in [0.1, 0.15) is 28.3 Å². The van der Waals surface area contributed by atoms with Crippen molar-refractivity contribution in [2.24, 2.45) is 0 Å². The van der Waals surface area contributed by atoms with Gasteiger partial charge >= 0.3 is 0 Å². The number of nitrogens with zero attached hydrogens (tertiary/aromatic N) is 2. The summed E-state index contributed by atoms with van der Waals surface area (Å²) in [5, 5.41) is 4.79. The van der Waals surface area contributed by atoms with Gasteiger partial charge in [0.1, 0.15) is 5.82 Å². The third-order valence-electron chi connectivity index (χ3n) is 4.39. The second-order valence-corrected chi connectivity index (χ2v) is 5.60. The van der Waals surface area contributed by atoms with Crippen molar-refractivity contribution in [3.63, 3.8) is 0 Å². The maximum Gasteiger partial charge on any atom is 0.130 e. The molecule has 1 atom stereocenters. The summed E-state index contributed by atoms with van der Waals surface area (Å²) in [6.45, 7) is 2.07. The first kappa shape index (κ1) is 12.2. The van der Waals surface area contributed by atoms with Crippen LogP contribution in [-0.2, 0) is 6.42 Å². The Kier molecular flexibility index (Phi) is 2.61. The standard InChI is InChI=1S/C18H17N3/c1-12-17(16-11-13-7-5-6-10-15(13)16)20-21(18(12)19)14-8-3-2-4-9-14/h2-10,16H,11,19H2,1H3. The van der Waals surface area contributed by atoms with E-state index in [0.717, 1.165) is 29.2 Å². The molecule has 0 spiro atoms. The summed E-state index contributed by atoms with van der Waals surface area (Å²) in [7, 11) is 0. The van der Waals surface area contributed by atoms with Gasteiger partial charge < -0.3 is 5.73 Å². The first-order valence-corrected chi connectivity index (χ1v) is 7.24. The lowest BCUT2D eigenvalue weighted by Crippen LogP contribution is -2.19. The van der Waals surface area contributed by atoms with Gasteiger partial charge in [0.15, 0.2) is 0 Å². The summed E-state index contributed by atoms with van der Waals surface area (Å²) in [4.78, 5) is 0. The molecule has 2 aromatic carbocycles. The van der Waals surface area contributed by atoms with Crippen LogP contribution in [0.2, 0.25) is 0 Å².